The van der Waals surface area contributed by atoms with Gasteiger partial charge in [0, 0.05) is 5.92 Å². The van der Waals surface area contributed by atoms with Crippen LogP contribution in [0.15, 0.2) is 23.9 Å². The summed E-state index contributed by atoms with van der Waals surface area (Å²) in [4.78, 5) is 0. The predicted octanol–water partition coefficient (Wildman–Crippen LogP) is 0.855. The van der Waals surface area contributed by atoms with Gasteiger partial charge in [0.05, 0.1) is 10.2 Å². The van der Waals surface area contributed by atoms with Gasteiger partial charge in [-0.1, -0.05) is 18.2 Å². The molecular weight excluding hydrogens is 88.1 g/mol. The summed E-state index contributed by atoms with van der Waals surface area (Å²) in [5, 5.41) is 0. The maximum atomic E-state index is 3.21. The smallest absolute Gasteiger partial charge is 0.0596 e. The third-order valence-electron chi connectivity index (χ3n) is 0.733. The van der Waals surface area contributed by atoms with Gasteiger partial charge >= 0.3 is 0 Å². The van der Waals surface area contributed by atoms with Crippen LogP contribution in [0.25, 0.3) is 0 Å². The van der Waals surface area contributed by atoms with E-state index in [-0.39, 0.29) is 0 Å². The number of hydrogen-bond donors (Lipinski definition) is 0. The Labute approximate surface area is 41.0 Å². The van der Waals surface area contributed by atoms with E-state index in [1.165, 1.54) is 0 Å². The van der Waals surface area contributed by atoms with Crippen molar-refractivity contribution in [3.8, 4) is 0 Å². The lowest BCUT2D eigenvalue weighted by atomic mass is 10.4. The molecule has 6 heavy (non-hydrogen) atoms. The van der Waals surface area contributed by atoms with E-state index < -0.39 is 0 Å². The van der Waals surface area contributed by atoms with E-state index in [1.54, 1.807) is 0 Å². The summed E-state index contributed by atoms with van der Waals surface area (Å²) in [5.74, 6) is 0.669. The molecule has 1 heteroatoms. The first-order chi connectivity index (χ1) is 2.93. The third kappa shape index (κ3) is 0.828. The van der Waals surface area contributed by atoms with Crippen molar-refractivity contribution >= 4 is 10.2 Å². The molecule has 0 atom stereocenters. The molecule has 0 unspecified atom stereocenters. The number of hydrogen-bond acceptors (Lipinski definition) is 0. The van der Waals surface area contributed by atoms with Gasteiger partial charge in [0.1, 0.15) is 0 Å². The van der Waals surface area contributed by atoms with Gasteiger partial charge in [-0.05, 0) is 0 Å². The van der Waals surface area contributed by atoms with Crippen LogP contribution in [0.4, 0.5) is 0 Å². The highest BCUT2D eigenvalue weighted by Crippen LogP contribution is 2.15. The van der Waals surface area contributed by atoms with Crippen molar-refractivity contribution in [2.75, 3.05) is 0 Å². The van der Waals surface area contributed by atoms with Crippen molar-refractivity contribution in [3.05, 3.63) is 23.9 Å². The quantitative estimate of drug-likeness (QED) is 0.333. The van der Waals surface area contributed by atoms with Crippen LogP contribution in [0.3, 0.4) is 0 Å². The summed E-state index contributed by atoms with van der Waals surface area (Å²) in [6, 6.07) is 0. The maximum absolute atomic E-state index is 3.21. The molecule has 0 bridgehead atoms. The molecule has 0 aliphatic heterocycles. The topological polar surface area (TPSA) is 0 Å². The van der Waals surface area contributed by atoms with Crippen molar-refractivity contribution < 1.29 is 0 Å². The monoisotopic (exact) mass is 93.0 g/mol. The molecule has 0 N–H and O–H groups in total. The van der Waals surface area contributed by atoms with Crippen LogP contribution in [0.5, 0.6) is 0 Å². The van der Waals surface area contributed by atoms with Gasteiger partial charge in [-0.25, -0.2) is 0 Å². The van der Waals surface area contributed by atoms with Crippen molar-refractivity contribution in [2.45, 2.75) is 0 Å². The molecule has 0 spiro atoms. The standard InChI is InChI=1S/C5H5Si/c6-4-3-5-1-2-5/h1-5H/b4-3+. The molecule has 0 amide bonds. The van der Waals surface area contributed by atoms with Crippen molar-refractivity contribution in [1.82, 2.24) is 0 Å². The predicted molar refractivity (Wildman–Crippen MR) is 27.5 cm³/mol. The summed E-state index contributed by atoms with van der Waals surface area (Å²) >= 11 is 0. The van der Waals surface area contributed by atoms with Gasteiger partial charge in [-0.2, -0.15) is 0 Å². The Kier molecular flexibility index (Phi) is 0.924. The minimum absolute atomic E-state index is 0.669. The molecule has 29 valence electrons. The SMILES string of the molecule is [Si]/C=C/C1C=C1. The molecule has 1 aliphatic rings. The second-order valence-corrected chi connectivity index (χ2v) is 1.65. The zero-order chi connectivity index (χ0) is 4.41. The largest absolute Gasteiger partial charge is 0.105 e. The second kappa shape index (κ2) is 1.43. The zero-order valence-corrected chi connectivity index (χ0v) is 4.39. The molecule has 0 heterocycles. The van der Waals surface area contributed by atoms with Crippen molar-refractivity contribution in [1.29, 1.82) is 0 Å². The average Bonchev–Trinajstić information content (AvgIpc) is 2.21. The molecule has 0 fully saturated rings. The molecule has 1 aliphatic carbocycles. The van der Waals surface area contributed by atoms with Gasteiger partial charge in [-0.15, -0.1) is 5.70 Å². The number of allylic oxidation sites excluding steroid dienone is 3. The lowest BCUT2D eigenvalue weighted by molar-refractivity contribution is 1.26. The molecule has 3 radical (unpaired) electrons. The first-order valence-electron chi connectivity index (χ1n) is 1.96. The minimum atomic E-state index is 0.669. The Hall–Kier alpha value is -0.303. The van der Waals surface area contributed by atoms with Crippen LogP contribution in [-0.2, 0) is 0 Å². The first-order valence-corrected chi connectivity index (χ1v) is 2.53. The van der Waals surface area contributed by atoms with E-state index in [4.69, 9.17) is 0 Å². The van der Waals surface area contributed by atoms with Crippen LogP contribution in [0, 0.1) is 5.92 Å². The molecule has 0 aromatic carbocycles. The Morgan fingerprint density at radius 1 is 1.50 bits per heavy atom. The molecular formula is C5H5Si. The van der Waals surface area contributed by atoms with E-state index in [1.807, 2.05) is 5.70 Å². The van der Waals surface area contributed by atoms with E-state index in [9.17, 15) is 0 Å². The maximum Gasteiger partial charge on any atom is 0.0596 e. The van der Waals surface area contributed by atoms with Gasteiger partial charge in [0.2, 0.25) is 0 Å². The van der Waals surface area contributed by atoms with Crippen LogP contribution in [0.1, 0.15) is 0 Å². The fourth-order valence-electron chi connectivity index (χ4n) is 0.304. The normalized spacial score (nSPS) is 20.2. The summed E-state index contributed by atoms with van der Waals surface area (Å²) in [5.41, 5.74) is 1.88. The van der Waals surface area contributed by atoms with Crippen LogP contribution >= 0.6 is 0 Å². The molecule has 0 saturated heterocycles. The van der Waals surface area contributed by atoms with Crippen LogP contribution in [-0.4, -0.2) is 10.2 Å². The van der Waals surface area contributed by atoms with Crippen LogP contribution in [0.2, 0.25) is 0 Å². The van der Waals surface area contributed by atoms with E-state index in [0.717, 1.165) is 0 Å². The highest BCUT2D eigenvalue weighted by molar-refractivity contribution is 6.17. The second-order valence-electron chi connectivity index (χ2n) is 1.32. The first kappa shape index (κ1) is 3.87. The summed E-state index contributed by atoms with van der Waals surface area (Å²) < 4.78 is 0. The Bertz CT molecular complexity index is 86.1. The fraction of sp³-hybridized carbons (Fsp3) is 0.200. The fourth-order valence-corrected chi connectivity index (χ4v) is 0.526. The Balaban J connectivity index is 2.19. The summed E-state index contributed by atoms with van der Waals surface area (Å²) in [6.45, 7) is 0. The van der Waals surface area contributed by atoms with Crippen LogP contribution < -0.4 is 0 Å². The third-order valence-corrected chi connectivity index (χ3v) is 0.926. The lowest BCUT2D eigenvalue weighted by Gasteiger charge is -1.71. The zero-order valence-electron chi connectivity index (χ0n) is 3.39. The number of rotatable bonds is 1. The highest BCUT2D eigenvalue weighted by atomic mass is 28.1. The van der Waals surface area contributed by atoms with E-state index >= 15 is 0 Å². The molecule has 0 aromatic heterocycles. The van der Waals surface area contributed by atoms with E-state index in [0.29, 0.717) is 5.92 Å². The average molecular weight is 93.2 g/mol. The molecule has 1 rings (SSSR count). The van der Waals surface area contributed by atoms with Gasteiger partial charge in [-0.3, -0.25) is 0 Å². The molecule has 0 aromatic rings. The Morgan fingerprint density at radius 3 is 2.33 bits per heavy atom. The Morgan fingerprint density at radius 2 is 2.17 bits per heavy atom. The molecule has 0 nitrogen and oxygen atoms in total. The van der Waals surface area contributed by atoms with Gasteiger partial charge < -0.3 is 0 Å². The molecule has 0 saturated carbocycles. The van der Waals surface area contributed by atoms with Crippen molar-refractivity contribution in [2.24, 2.45) is 5.92 Å². The summed E-state index contributed by atoms with van der Waals surface area (Å²) in [6.07, 6.45) is 6.35. The summed E-state index contributed by atoms with van der Waals surface area (Å²) in [7, 11) is 3.21. The highest BCUT2D eigenvalue weighted by Gasteiger charge is 2.02. The minimum Gasteiger partial charge on any atom is -0.105 e. The van der Waals surface area contributed by atoms with Gasteiger partial charge in [0.15, 0.2) is 0 Å². The van der Waals surface area contributed by atoms with E-state index in [2.05, 4.69) is 28.5 Å². The lowest BCUT2D eigenvalue weighted by Crippen LogP contribution is -1.61. The van der Waals surface area contributed by atoms with Gasteiger partial charge in [0.25, 0.3) is 0 Å². The van der Waals surface area contributed by atoms with Crippen molar-refractivity contribution in [3.63, 3.8) is 0 Å².